The van der Waals surface area contributed by atoms with Gasteiger partial charge in [0, 0.05) is 24.7 Å². The zero-order valence-electron chi connectivity index (χ0n) is 13.1. The molecule has 0 spiro atoms. The molecule has 0 saturated carbocycles. The predicted octanol–water partition coefficient (Wildman–Crippen LogP) is 2.35. The van der Waals surface area contributed by atoms with Crippen LogP contribution in [0.1, 0.15) is 18.9 Å². The molecular weight excluding hydrogens is 292 g/mol. The van der Waals surface area contributed by atoms with Gasteiger partial charge in [-0.3, -0.25) is 14.6 Å². The molecule has 120 valence electrons. The molecule has 1 aromatic heterocycles. The van der Waals surface area contributed by atoms with Crippen LogP contribution in [-0.2, 0) is 16.0 Å². The van der Waals surface area contributed by atoms with Crippen molar-refractivity contribution in [1.29, 1.82) is 0 Å². The molecule has 1 aromatic carbocycles. The Hall–Kier alpha value is -2.43. The van der Waals surface area contributed by atoms with Crippen molar-refractivity contribution in [3.63, 3.8) is 0 Å². The molecule has 1 fully saturated rings. The minimum absolute atomic E-state index is 0.0279. The van der Waals surface area contributed by atoms with Crippen molar-refractivity contribution in [2.75, 3.05) is 13.1 Å². The zero-order valence-corrected chi connectivity index (χ0v) is 13.1. The van der Waals surface area contributed by atoms with Crippen LogP contribution in [0.2, 0.25) is 0 Å². The maximum atomic E-state index is 12.5. The molecular formula is C18H20N2O3. The second-order valence-electron chi connectivity index (χ2n) is 6.39. The van der Waals surface area contributed by atoms with Crippen LogP contribution in [0.4, 0.5) is 0 Å². The second kappa shape index (κ2) is 6.36. The fourth-order valence-corrected chi connectivity index (χ4v) is 3.23. The van der Waals surface area contributed by atoms with Crippen LogP contribution in [0.15, 0.2) is 36.5 Å². The minimum atomic E-state index is -0.818. The van der Waals surface area contributed by atoms with Crippen molar-refractivity contribution >= 4 is 22.8 Å². The number of carboxylic acid groups (broad SMARTS) is 1. The number of benzene rings is 1. The highest BCUT2D eigenvalue weighted by molar-refractivity contribution is 5.83. The Kier molecular flexibility index (Phi) is 4.28. The number of piperidine rings is 1. The molecule has 1 aliphatic rings. The van der Waals surface area contributed by atoms with Gasteiger partial charge in [0.25, 0.3) is 0 Å². The number of aromatic nitrogens is 1. The molecule has 3 rings (SSSR count). The summed E-state index contributed by atoms with van der Waals surface area (Å²) >= 11 is 0. The maximum absolute atomic E-state index is 12.5. The Morgan fingerprint density at radius 1 is 1.30 bits per heavy atom. The van der Waals surface area contributed by atoms with Crippen molar-refractivity contribution in [3.8, 4) is 0 Å². The maximum Gasteiger partial charge on any atom is 0.308 e. The van der Waals surface area contributed by atoms with Crippen LogP contribution in [0.25, 0.3) is 10.9 Å². The third kappa shape index (κ3) is 3.50. The summed E-state index contributed by atoms with van der Waals surface area (Å²) in [6.45, 7) is 2.93. The van der Waals surface area contributed by atoms with Crippen LogP contribution in [0.5, 0.6) is 0 Å². The van der Waals surface area contributed by atoms with E-state index >= 15 is 0 Å². The smallest absolute Gasteiger partial charge is 0.308 e. The van der Waals surface area contributed by atoms with Crippen molar-refractivity contribution in [2.24, 2.45) is 11.8 Å². The van der Waals surface area contributed by atoms with Crippen molar-refractivity contribution in [3.05, 3.63) is 42.1 Å². The highest BCUT2D eigenvalue weighted by Crippen LogP contribution is 2.23. The van der Waals surface area contributed by atoms with Crippen LogP contribution in [0, 0.1) is 11.8 Å². The summed E-state index contributed by atoms with van der Waals surface area (Å²) in [5, 5.41) is 10.2. The number of carbonyl (C=O) groups is 2. The first kappa shape index (κ1) is 15.5. The molecule has 0 aliphatic carbocycles. The number of aliphatic carboxylic acids is 1. The van der Waals surface area contributed by atoms with Gasteiger partial charge in [0.2, 0.25) is 5.91 Å². The topological polar surface area (TPSA) is 70.5 Å². The molecule has 5 nitrogen and oxygen atoms in total. The fourth-order valence-electron chi connectivity index (χ4n) is 3.23. The highest BCUT2D eigenvalue weighted by atomic mass is 16.4. The van der Waals surface area contributed by atoms with Crippen molar-refractivity contribution in [2.45, 2.75) is 19.8 Å². The molecule has 1 saturated heterocycles. The lowest BCUT2D eigenvalue weighted by molar-refractivity contribution is -0.146. The summed E-state index contributed by atoms with van der Waals surface area (Å²) < 4.78 is 0. The van der Waals surface area contributed by atoms with E-state index in [2.05, 4.69) is 4.98 Å². The van der Waals surface area contributed by atoms with E-state index in [1.807, 2.05) is 37.3 Å². The average molecular weight is 312 g/mol. The van der Waals surface area contributed by atoms with Gasteiger partial charge in [0.1, 0.15) is 0 Å². The summed E-state index contributed by atoms with van der Waals surface area (Å²) in [5.41, 5.74) is 1.76. The lowest BCUT2D eigenvalue weighted by Gasteiger charge is -2.34. The number of pyridine rings is 1. The number of nitrogens with zero attached hydrogens (tertiary/aromatic N) is 2. The highest BCUT2D eigenvalue weighted by Gasteiger charge is 2.31. The van der Waals surface area contributed by atoms with E-state index in [-0.39, 0.29) is 18.2 Å². The van der Waals surface area contributed by atoms with Gasteiger partial charge in [-0.15, -0.1) is 0 Å². The van der Waals surface area contributed by atoms with E-state index < -0.39 is 11.9 Å². The van der Waals surface area contributed by atoms with Crippen molar-refractivity contribution < 1.29 is 14.7 Å². The van der Waals surface area contributed by atoms with E-state index in [0.29, 0.717) is 19.5 Å². The minimum Gasteiger partial charge on any atom is -0.481 e. The molecule has 2 aromatic rings. The van der Waals surface area contributed by atoms with Crippen LogP contribution >= 0.6 is 0 Å². The van der Waals surface area contributed by atoms with E-state index in [9.17, 15) is 14.7 Å². The number of carboxylic acids is 1. The van der Waals surface area contributed by atoms with Crippen molar-refractivity contribution in [1.82, 2.24) is 9.88 Å². The number of carbonyl (C=O) groups excluding carboxylic acids is 1. The fraction of sp³-hybridized carbons (Fsp3) is 0.389. The Morgan fingerprint density at radius 3 is 2.87 bits per heavy atom. The summed E-state index contributed by atoms with van der Waals surface area (Å²) in [7, 11) is 0. The zero-order chi connectivity index (χ0) is 16.4. The van der Waals surface area contributed by atoms with Crippen LogP contribution in [0.3, 0.4) is 0 Å². The van der Waals surface area contributed by atoms with E-state index in [1.165, 1.54) is 0 Å². The Bertz CT molecular complexity index is 744. The standard InChI is InChI=1S/C18H20N2O3/c1-12-6-15(18(22)23)11-20(10-12)17(21)8-13-7-14-4-2-3-5-16(14)19-9-13/h2-5,7,9,12,15H,6,8,10-11H2,1H3,(H,22,23). The quantitative estimate of drug-likeness (QED) is 0.944. The van der Waals surface area contributed by atoms with E-state index in [0.717, 1.165) is 16.5 Å². The molecule has 2 heterocycles. The average Bonchev–Trinajstić information content (AvgIpc) is 2.54. The largest absolute Gasteiger partial charge is 0.481 e. The van der Waals surface area contributed by atoms with Gasteiger partial charge < -0.3 is 10.0 Å². The second-order valence-corrected chi connectivity index (χ2v) is 6.39. The van der Waals surface area contributed by atoms with Crippen LogP contribution < -0.4 is 0 Å². The number of hydrogen-bond donors (Lipinski definition) is 1. The van der Waals surface area contributed by atoms with Gasteiger partial charge in [0.15, 0.2) is 0 Å². The third-order valence-corrected chi connectivity index (χ3v) is 4.36. The van der Waals surface area contributed by atoms with Crippen LogP contribution in [-0.4, -0.2) is 40.0 Å². The number of fused-ring (bicyclic) bond motifs is 1. The first-order valence-corrected chi connectivity index (χ1v) is 7.87. The Morgan fingerprint density at radius 2 is 2.09 bits per heavy atom. The van der Waals surface area contributed by atoms with Gasteiger partial charge in [-0.25, -0.2) is 0 Å². The lowest BCUT2D eigenvalue weighted by atomic mass is 9.90. The van der Waals surface area contributed by atoms with Gasteiger partial charge in [-0.1, -0.05) is 25.1 Å². The monoisotopic (exact) mass is 312 g/mol. The molecule has 5 heteroatoms. The van der Waals surface area contributed by atoms with Gasteiger partial charge in [0.05, 0.1) is 17.9 Å². The molecule has 23 heavy (non-hydrogen) atoms. The molecule has 0 radical (unpaired) electrons. The van der Waals surface area contributed by atoms with Gasteiger partial charge in [-0.2, -0.15) is 0 Å². The molecule has 2 unspecified atom stereocenters. The molecule has 1 N–H and O–H groups in total. The molecule has 1 aliphatic heterocycles. The first-order valence-electron chi connectivity index (χ1n) is 7.87. The predicted molar refractivity (Wildman–Crippen MR) is 86.9 cm³/mol. The number of rotatable bonds is 3. The lowest BCUT2D eigenvalue weighted by Crippen LogP contribution is -2.46. The Balaban J connectivity index is 1.73. The molecule has 2 atom stereocenters. The normalized spacial score (nSPS) is 21.3. The molecule has 1 amide bonds. The van der Waals surface area contributed by atoms with Gasteiger partial charge in [-0.05, 0) is 30.0 Å². The summed E-state index contributed by atoms with van der Waals surface area (Å²) in [4.78, 5) is 29.8. The molecule has 0 bridgehead atoms. The van der Waals surface area contributed by atoms with E-state index in [4.69, 9.17) is 0 Å². The summed E-state index contributed by atoms with van der Waals surface area (Å²) in [5.74, 6) is -1.09. The number of para-hydroxylation sites is 1. The Labute approximate surface area is 134 Å². The number of amides is 1. The first-order chi connectivity index (χ1) is 11.0. The van der Waals surface area contributed by atoms with E-state index in [1.54, 1.807) is 11.1 Å². The van der Waals surface area contributed by atoms with Gasteiger partial charge >= 0.3 is 5.97 Å². The third-order valence-electron chi connectivity index (χ3n) is 4.36. The summed E-state index contributed by atoms with van der Waals surface area (Å²) in [6, 6.07) is 9.76. The number of hydrogen-bond acceptors (Lipinski definition) is 3. The number of likely N-dealkylation sites (tertiary alicyclic amines) is 1. The SMILES string of the molecule is CC1CC(C(=O)O)CN(C(=O)Cc2cnc3ccccc3c2)C1. The summed E-state index contributed by atoms with van der Waals surface area (Å²) in [6.07, 6.45) is 2.62.